The first kappa shape index (κ1) is 14.7. The van der Waals surface area contributed by atoms with Crippen LogP contribution in [0.25, 0.3) is 6.08 Å². The van der Waals surface area contributed by atoms with Crippen LogP contribution in [0.5, 0.6) is 0 Å². The summed E-state index contributed by atoms with van der Waals surface area (Å²) in [5, 5.41) is 18.5. The maximum absolute atomic E-state index is 12.0. The number of halogens is 1. The van der Waals surface area contributed by atoms with Gasteiger partial charge in [-0.25, -0.2) is 4.79 Å². The van der Waals surface area contributed by atoms with Crippen LogP contribution in [0.2, 0.25) is 0 Å². The third kappa shape index (κ3) is 3.46. The molecular formula is C14H14BrNO4. The van der Waals surface area contributed by atoms with Crippen LogP contribution in [0.4, 0.5) is 0 Å². The van der Waals surface area contributed by atoms with Crippen molar-refractivity contribution in [2.24, 2.45) is 0 Å². The normalized spacial score (nSPS) is 22.4. The van der Waals surface area contributed by atoms with Gasteiger partial charge in [0, 0.05) is 23.5 Å². The number of hydrogen-bond donors (Lipinski definition) is 2. The highest BCUT2D eigenvalue weighted by molar-refractivity contribution is 9.10. The average molecular weight is 340 g/mol. The third-order valence-corrected chi connectivity index (χ3v) is 3.61. The Bertz CT molecular complexity index is 558. The quantitative estimate of drug-likeness (QED) is 0.818. The van der Waals surface area contributed by atoms with Gasteiger partial charge in [0.25, 0.3) is 0 Å². The zero-order valence-corrected chi connectivity index (χ0v) is 12.2. The first-order chi connectivity index (χ1) is 9.47. The summed E-state index contributed by atoms with van der Waals surface area (Å²) in [6.45, 7) is 0.0542. The lowest BCUT2D eigenvalue weighted by Gasteiger charge is -2.19. The molecule has 0 saturated carbocycles. The minimum absolute atomic E-state index is 0.0542. The van der Waals surface area contributed by atoms with Crippen molar-refractivity contribution in [3.8, 4) is 0 Å². The van der Waals surface area contributed by atoms with E-state index in [0.717, 1.165) is 10.0 Å². The van der Waals surface area contributed by atoms with E-state index >= 15 is 0 Å². The van der Waals surface area contributed by atoms with E-state index in [4.69, 9.17) is 5.11 Å². The maximum Gasteiger partial charge on any atom is 0.326 e. The number of aliphatic hydroxyl groups excluding tert-OH is 1. The molecule has 2 N–H and O–H groups in total. The largest absolute Gasteiger partial charge is 0.480 e. The Morgan fingerprint density at radius 1 is 1.40 bits per heavy atom. The number of amides is 1. The first-order valence-electron chi connectivity index (χ1n) is 6.12. The van der Waals surface area contributed by atoms with Crippen LogP contribution in [-0.2, 0) is 9.59 Å². The molecule has 1 heterocycles. The van der Waals surface area contributed by atoms with Gasteiger partial charge in [-0.15, -0.1) is 0 Å². The van der Waals surface area contributed by atoms with E-state index in [1.54, 1.807) is 6.08 Å². The summed E-state index contributed by atoms with van der Waals surface area (Å²) < 4.78 is 0.895. The van der Waals surface area contributed by atoms with Gasteiger partial charge in [-0.1, -0.05) is 28.1 Å². The molecule has 0 radical (unpaired) electrons. The van der Waals surface area contributed by atoms with Crippen molar-refractivity contribution < 1.29 is 19.8 Å². The monoisotopic (exact) mass is 339 g/mol. The molecule has 1 aromatic carbocycles. The Balaban J connectivity index is 2.09. The van der Waals surface area contributed by atoms with Crippen molar-refractivity contribution in [1.82, 2.24) is 4.90 Å². The highest BCUT2D eigenvalue weighted by Crippen LogP contribution is 2.19. The number of carbonyl (C=O) groups is 2. The molecule has 6 heteroatoms. The second-order valence-electron chi connectivity index (χ2n) is 4.62. The van der Waals surface area contributed by atoms with Crippen LogP contribution in [0.3, 0.4) is 0 Å². The lowest BCUT2D eigenvalue weighted by molar-refractivity contribution is -0.146. The van der Waals surface area contributed by atoms with E-state index in [1.807, 2.05) is 24.3 Å². The van der Waals surface area contributed by atoms with Crippen molar-refractivity contribution in [3.63, 3.8) is 0 Å². The zero-order chi connectivity index (χ0) is 14.7. The number of benzene rings is 1. The lowest BCUT2D eigenvalue weighted by Crippen LogP contribution is -2.39. The van der Waals surface area contributed by atoms with Gasteiger partial charge in [-0.2, -0.15) is 0 Å². The SMILES string of the molecule is O=C(O)[C@@H]1CC(O)CN1C(=O)/C=C/c1cccc(Br)c1. The van der Waals surface area contributed by atoms with Gasteiger partial charge >= 0.3 is 5.97 Å². The topological polar surface area (TPSA) is 77.8 Å². The molecule has 106 valence electrons. The second kappa shape index (κ2) is 6.19. The zero-order valence-electron chi connectivity index (χ0n) is 10.6. The van der Waals surface area contributed by atoms with E-state index in [2.05, 4.69) is 15.9 Å². The highest BCUT2D eigenvalue weighted by atomic mass is 79.9. The number of carbonyl (C=O) groups excluding carboxylic acids is 1. The lowest BCUT2D eigenvalue weighted by atomic mass is 10.2. The van der Waals surface area contributed by atoms with E-state index in [0.29, 0.717) is 0 Å². The Labute approximate surface area is 124 Å². The van der Waals surface area contributed by atoms with E-state index in [9.17, 15) is 14.7 Å². The standard InChI is InChI=1S/C14H14BrNO4/c15-10-3-1-2-9(6-10)4-5-13(18)16-8-11(17)7-12(16)14(19)20/h1-6,11-12,17H,7-8H2,(H,19,20)/b5-4+/t11?,12-/m0/s1. The summed E-state index contributed by atoms with van der Waals surface area (Å²) in [6, 6.07) is 6.44. The number of likely N-dealkylation sites (tertiary alicyclic amines) is 1. The van der Waals surface area contributed by atoms with E-state index < -0.39 is 24.0 Å². The summed E-state index contributed by atoms with van der Waals surface area (Å²) in [5.41, 5.74) is 0.833. The smallest absolute Gasteiger partial charge is 0.326 e. The molecule has 0 aromatic heterocycles. The predicted octanol–water partition coefficient (Wildman–Crippen LogP) is 1.51. The van der Waals surface area contributed by atoms with Crippen LogP contribution in [-0.4, -0.2) is 45.7 Å². The number of carboxylic acid groups (broad SMARTS) is 1. The third-order valence-electron chi connectivity index (χ3n) is 3.11. The number of carboxylic acids is 1. The number of aliphatic hydroxyl groups is 1. The fourth-order valence-corrected chi connectivity index (χ4v) is 2.58. The summed E-state index contributed by atoms with van der Waals surface area (Å²) in [4.78, 5) is 24.2. The van der Waals surface area contributed by atoms with Crippen molar-refractivity contribution in [2.45, 2.75) is 18.6 Å². The van der Waals surface area contributed by atoms with Crippen LogP contribution >= 0.6 is 15.9 Å². The molecule has 1 amide bonds. The van der Waals surface area contributed by atoms with Gasteiger partial charge in [0.15, 0.2) is 0 Å². The molecule has 0 aliphatic carbocycles. The molecule has 0 bridgehead atoms. The molecule has 1 fully saturated rings. The molecule has 1 saturated heterocycles. The maximum atomic E-state index is 12.0. The van der Waals surface area contributed by atoms with Gasteiger partial charge in [-0.05, 0) is 23.8 Å². The molecule has 1 aliphatic heterocycles. The molecule has 0 spiro atoms. The van der Waals surface area contributed by atoms with Crippen molar-refractivity contribution in [1.29, 1.82) is 0 Å². The number of nitrogens with zero attached hydrogens (tertiary/aromatic N) is 1. The Hall–Kier alpha value is -1.66. The molecule has 5 nitrogen and oxygen atoms in total. The average Bonchev–Trinajstić information content (AvgIpc) is 2.78. The predicted molar refractivity (Wildman–Crippen MR) is 76.9 cm³/mol. The van der Waals surface area contributed by atoms with Crippen LogP contribution in [0.1, 0.15) is 12.0 Å². The van der Waals surface area contributed by atoms with E-state index in [-0.39, 0.29) is 13.0 Å². The molecule has 2 rings (SSSR count). The molecule has 1 aromatic rings. The van der Waals surface area contributed by atoms with Crippen LogP contribution in [0, 0.1) is 0 Å². The van der Waals surface area contributed by atoms with Crippen molar-refractivity contribution in [3.05, 3.63) is 40.4 Å². The minimum atomic E-state index is -1.09. The number of β-amino-alcohol motifs (C(OH)–C–C–N with tert-alkyl or cyclic N) is 1. The van der Waals surface area contributed by atoms with Gasteiger partial charge in [0.05, 0.1) is 6.10 Å². The molecule has 1 aliphatic rings. The van der Waals surface area contributed by atoms with Crippen molar-refractivity contribution in [2.75, 3.05) is 6.54 Å². The second-order valence-corrected chi connectivity index (χ2v) is 5.54. The van der Waals surface area contributed by atoms with Crippen LogP contribution in [0.15, 0.2) is 34.8 Å². The molecular weight excluding hydrogens is 326 g/mol. The highest BCUT2D eigenvalue weighted by Gasteiger charge is 2.37. The summed E-state index contributed by atoms with van der Waals surface area (Å²) >= 11 is 3.33. The van der Waals surface area contributed by atoms with Gasteiger partial charge in [0.2, 0.25) is 5.91 Å². The van der Waals surface area contributed by atoms with E-state index in [1.165, 1.54) is 11.0 Å². The molecule has 20 heavy (non-hydrogen) atoms. The van der Waals surface area contributed by atoms with Crippen molar-refractivity contribution >= 4 is 33.9 Å². The Morgan fingerprint density at radius 2 is 2.15 bits per heavy atom. The summed E-state index contributed by atoms with van der Waals surface area (Å²) in [7, 11) is 0. The van der Waals surface area contributed by atoms with Crippen LogP contribution < -0.4 is 0 Å². The van der Waals surface area contributed by atoms with Gasteiger partial charge in [0.1, 0.15) is 6.04 Å². The number of rotatable bonds is 3. The molecule has 1 unspecified atom stereocenters. The fraction of sp³-hybridized carbons (Fsp3) is 0.286. The molecule has 2 atom stereocenters. The summed E-state index contributed by atoms with van der Waals surface area (Å²) in [5.74, 6) is -1.50. The Morgan fingerprint density at radius 3 is 2.80 bits per heavy atom. The van der Waals surface area contributed by atoms with Gasteiger partial charge in [-0.3, -0.25) is 4.79 Å². The minimum Gasteiger partial charge on any atom is -0.480 e. The first-order valence-corrected chi connectivity index (χ1v) is 6.92. The summed E-state index contributed by atoms with van der Waals surface area (Å²) in [6.07, 6.45) is 2.25. The van der Waals surface area contributed by atoms with Gasteiger partial charge < -0.3 is 15.1 Å². The number of hydrogen-bond acceptors (Lipinski definition) is 3. The number of aliphatic carboxylic acids is 1. The fourth-order valence-electron chi connectivity index (χ4n) is 2.16. The Kier molecular flexibility index (Phi) is 4.57.